The standard InChI is InChI=1S/C17H15BrN2O2S/c1-12-5-4-7-14(9-12)21-10-16-19-20-17(22-16)23-11-13-6-2-3-8-15(13)18/h2-9H,10-11H2,1H3. The van der Waals surface area contributed by atoms with Gasteiger partial charge in [0.05, 0.1) is 0 Å². The summed E-state index contributed by atoms with van der Waals surface area (Å²) in [6.45, 7) is 2.29. The van der Waals surface area contributed by atoms with Crippen LogP contribution in [0.1, 0.15) is 17.0 Å². The van der Waals surface area contributed by atoms with Crippen molar-refractivity contribution in [2.45, 2.75) is 24.5 Å². The maximum absolute atomic E-state index is 5.66. The van der Waals surface area contributed by atoms with Gasteiger partial charge in [0.15, 0.2) is 6.61 Å². The van der Waals surface area contributed by atoms with Crippen LogP contribution in [0.3, 0.4) is 0 Å². The van der Waals surface area contributed by atoms with E-state index in [4.69, 9.17) is 9.15 Å². The van der Waals surface area contributed by atoms with Gasteiger partial charge in [0.2, 0.25) is 0 Å². The van der Waals surface area contributed by atoms with E-state index in [9.17, 15) is 0 Å². The highest BCUT2D eigenvalue weighted by Gasteiger charge is 2.09. The van der Waals surface area contributed by atoms with E-state index in [1.54, 1.807) is 0 Å². The molecule has 0 unspecified atom stereocenters. The number of halogens is 1. The first kappa shape index (κ1) is 16.1. The number of hydrogen-bond acceptors (Lipinski definition) is 5. The van der Waals surface area contributed by atoms with E-state index in [1.165, 1.54) is 17.3 Å². The molecule has 1 aromatic heterocycles. The lowest BCUT2D eigenvalue weighted by Gasteiger charge is -2.03. The van der Waals surface area contributed by atoms with E-state index in [1.807, 2.05) is 49.4 Å². The van der Waals surface area contributed by atoms with Crippen LogP contribution >= 0.6 is 27.7 Å². The van der Waals surface area contributed by atoms with Crippen LogP contribution in [0.25, 0.3) is 0 Å². The second-order valence-electron chi connectivity index (χ2n) is 4.95. The number of aromatic nitrogens is 2. The number of nitrogens with zero attached hydrogens (tertiary/aromatic N) is 2. The fraction of sp³-hybridized carbons (Fsp3) is 0.176. The van der Waals surface area contributed by atoms with Gasteiger partial charge in [-0.1, -0.05) is 58.0 Å². The third-order valence-corrected chi connectivity index (χ3v) is 4.75. The molecule has 0 N–H and O–H groups in total. The van der Waals surface area contributed by atoms with Crippen LogP contribution in [0.5, 0.6) is 5.75 Å². The molecule has 0 fully saturated rings. The molecule has 3 aromatic rings. The molecule has 3 rings (SSSR count). The van der Waals surface area contributed by atoms with Gasteiger partial charge in [-0.15, -0.1) is 10.2 Å². The maximum atomic E-state index is 5.66. The third-order valence-electron chi connectivity index (χ3n) is 3.11. The lowest BCUT2D eigenvalue weighted by Crippen LogP contribution is -1.95. The molecule has 0 aliphatic heterocycles. The van der Waals surface area contributed by atoms with Crippen molar-refractivity contribution < 1.29 is 9.15 Å². The lowest BCUT2D eigenvalue weighted by atomic mass is 10.2. The summed E-state index contributed by atoms with van der Waals surface area (Å²) in [5.41, 5.74) is 2.34. The van der Waals surface area contributed by atoms with Crippen molar-refractivity contribution in [2.24, 2.45) is 0 Å². The molecule has 0 atom stereocenters. The van der Waals surface area contributed by atoms with Gasteiger partial charge in [-0.05, 0) is 36.2 Å². The van der Waals surface area contributed by atoms with Gasteiger partial charge >= 0.3 is 0 Å². The van der Waals surface area contributed by atoms with Crippen LogP contribution in [-0.2, 0) is 12.4 Å². The molecule has 0 aliphatic rings. The van der Waals surface area contributed by atoms with Crippen molar-refractivity contribution in [1.82, 2.24) is 10.2 Å². The molecule has 0 saturated carbocycles. The number of benzene rings is 2. The first-order chi connectivity index (χ1) is 11.2. The van der Waals surface area contributed by atoms with E-state index in [2.05, 4.69) is 32.2 Å². The summed E-state index contributed by atoms with van der Waals surface area (Å²) in [6, 6.07) is 15.9. The summed E-state index contributed by atoms with van der Waals surface area (Å²) in [5.74, 6) is 2.04. The first-order valence-electron chi connectivity index (χ1n) is 7.09. The molecule has 23 heavy (non-hydrogen) atoms. The zero-order valence-electron chi connectivity index (χ0n) is 12.5. The largest absolute Gasteiger partial charge is 0.484 e. The number of thioether (sulfide) groups is 1. The van der Waals surface area contributed by atoms with Gasteiger partial charge in [0.1, 0.15) is 5.75 Å². The third kappa shape index (κ3) is 4.59. The minimum absolute atomic E-state index is 0.270. The minimum Gasteiger partial charge on any atom is -0.484 e. The first-order valence-corrected chi connectivity index (χ1v) is 8.86. The Balaban J connectivity index is 1.55. The van der Waals surface area contributed by atoms with Crippen molar-refractivity contribution in [3.05, 3.63) is 70.0 Å². The highest BCUT2D eigenvalue weighted by molar-refractivity contribution is 9.10. The van der Waals surface area contributed by atoms with Crippen molar-refractivity contribution in [1.29, 1.82) is 0 Å². The molecule has 2 aromatic carbocycles. The molecule has 0 radical (unpaired) electrons. The van der Waals surface area contributed by atoms with E-state index in [-0.39, 0.29) is 6.61 Å². The van der Waals surface area contributed by atoms with E-state index < -0.39 is 0 Å². The van der Waals surface area contributed by atoms with Gasteiger partial charge in [-0.25, -0.2) is 0 Å². The van der Waals surface area contributed by atoms with Gasteiger partial charge in [-0.3, -0.25) is 0 Å². The average Bonchev–Trinajstić information content (AvgIpc) is 3.00. The Labute approximate surface area is 147 Å². The molecule has 1 heterocycles. The summed E-state index contributed by atoms with van der Waals surface area (Å²) in [4.78, 5) is 0. The van der Waals surface area contributed by atoms with E-state index in [0.29, 0.717) is 11.1 Å². The molecule has 0 amide bonds. The van der Waals surface area contributed by atoms with Crippen molar-refractivity contribution in [3.63, 3.8) is 0 Å². The molecule has 4 nitrogen and oxygen atoms in total. The Morgan fingerprint density at radius 3 is 2.83 bits per heavy atom. The molecule has 0 spiro atoms. The Kier molecular flexibility index (Phi) is 5.35. The van der Waals surface area contributed by atoms with Gasteiger partial charge in [0.25, 0.3) is 11.1 Å². The van der Waals surface area contributed by atoms with Gasteiger partial charge in [-0.2, -0.15) is 0 Å². The van der Waals surface area contributed by atoms with Crippen molar-refractivity contribution in [2.75, 3.05) is 0 Å². The van der Waals surface area contributed by atoms with Crippen LogP contribution in [0.2, 0.25) is 0 Å². The monoisotopic (exact) mass is 390 g/mol. The van der Waals surface area contributed by atoms with E-state index >= 15 is 0 Å². The second-order valence-corrected chi connectivity index (χ2v) is 6.73. The highest BCUT2D eigenvalue weighted by Crippen LogP contribution is 2.26. The molecule has 0 aliphatic carbocycles. The normalized spacial score (nSPS) is 10.7. The number of hydrogen-bond donors (Lipinski definition) is 0. The predicted octanol–water partition coefficient (Wildman–Crippen LogP) is 5.01. The van der Waals surface area contributed by atoms with Crippen LogP contribution in [-0.4, -0.2) is 10.2 Å². The van der Waals surface area contributed by atoms with Crippen molar-refractivity contribution >= 4 is 27.7 Å². The summed E-state index contributed by atoms with van der Waals surface area (Å²) >= 11 is 5.04. The number of ether oxygens (including phenoxy) is 1. The molecule has 0 saturated heterocycles. The van der Waals surface area contributed by atoms with Gasteiger partial charge in [0, 0.05) is 10.2 Å². The van der Waals surface area contributed by atoms with Crippen molar-refractivity contribution in [3.8, 4) is 5.75 Å². The van der Waals surface area contributed by atoms with Gasteiger partial charge < -0.3 is 9.15 Å². The molecule has 6 heteroatoms. The molecular formula is C17H15BrN2O2S. The Morgan fingerprint density at radius 2 is 2.00 bits per heavy atom. The Morgan fingerprint density at radius 1 is 1.13 bits per heavy atom. The summed E-state index contributed by atoms with van der Waals surface area (Å²) in [7, 11) is 0. The Bertz CT molecular complexity index is 792. The number of aryl methyl sites for hydroxylation is 1. The van der Waals surface area contributed by atoms with Crippen LogP contribution in [0.15, 0.2) is 62.6 Å². The molecule has 118 valence electrons. The summed E-state index contributed by atoms with van der Waals surface area (Å²) in [5, 5.41) is 8.60. The van der Waals surface area contributed by atoms with Crippen LogP contribution < -0.4 is 4.74 Å². The number of rotatable bonds is 6. The average molecular weight is 391 g/mol. The minimum atomic E-state index is 0.270. The smallest absolute Gasteiger partial charge is 0.277 e. The predicted molar refractivity (Wildman–Crippen MR) is 93.5 cm³/mol. The zero-order chi connectivity index (χ0) is 16.1. The topological polar surface area (TPSA) is 48.2 Å². The summed E-state index contributed by atoms with van der Waals surface area (Å²) < 4.78 is 12.3. The van der Waals surface area contributed by atoms with Crippen LogP contribution in [0, 0.1) is 6.92 Å². The van der Waals surface area contributed by atoms with Crippen LogP contribution in [0.4, 0.5) is 0 Å². The quantitative estimate of drug-likeness (QED) is 0.553. The SMILES string of the molecule is Cc1cccc(OCc2nnc(SCc3ccccc3Br)o2)c1. The second kappa shape index (κ2) is 7.66. The fourth-order valence-electron chi connectivity index (χ4n) is 1.96. The summed E-state index contributed by atoms with van der Waals surface area (Å²) in [6.07, 6.45) is 0. The molecular weight excluding hydrogens is 376 g/mol. The maximum Gasteiger partial charge on any atom is 0.277 e. The Hall–Kier alpha value is -1.79. The zero-order valence-corrected chi connectivity index (χ0v) is 14.9. The highest BCUT2D eigenvalue weighted by atomic mass is 79.9. The lowest BCUT2D eigenvalue weighted by molar-refractivity contribution is 0.252. The fourth-order valence-corrected chi connectivity index (χ4v) is 3.35. The molecule has 0 bridgehead atoms. The van der Waals surface area contributed by atoms with E-state index in [0.717, 1.165) is 21.5 Å².